The Balaban J connectivity index is 1.74. The van der Waals surface area contributed by atoms with Gasteiger partial charge in [0.1, 0.15) is 0 Å². The molecule has 182 valence electrons. The molecule has 7 heteroatoms. The van der Waals surface area contributed by atoms with Crippen LogP contribution in [-0.4, -0.2) is 42.0 Å². The molecule has 5 nitrogen and oxygen atoms in total. The molecule has 1 aromatic rings. The molecule has 1 saturated carbocycles. The van der Waals surface area contributed by atoms with Crippen LogP contribution in [0, 0.1) is 11.3 Å². The lowest BCUT2D eigenvalue weighted by atomic mass is 9.61. The number of alkyl halides is 2. The molecule has 1 aliphatic heterocycles. The third-order valence-electron chi connectivity index (χ3n) is 7.69. The molecule has 0 radical (unpaired) electrons. The summed E-state index contributed by atoms with van der Waals surface area (Å²) < 4.78 is 32.6. The van der Waals surface area contributed by atoms with Crippen molar-refractivity contribution in [3.63, 3.8) is 0 Å². The molecule has 1 heterocycles. The minimum atomic E-state index is -2.76. The second-order valence-electron chi connectivity index (χ2n) is 10.8. The van der Waals surface area contributed by atoms with E-state index in [-0.39, 0.29) is 12.2 Å². The third-order valence-corrected chi connectivity index (χ3v) is 7.69. The van der Waals surface area contributed by atoms with Crippen molar-refractivity contribution in [3.8, 4) is 0 Å². The minimum absolute atomic E-state index is 0.113. The van der Waals surface area contributed by atoms with Crippen molar-refractivity contribution < 1.29 is 23.1 Å². The fourth-order valence-electron chi connectivity index (χ4n) is 6.16. The topological polar surface area (TPSA) is 58.6 Å². The van der Waals surface area contributed by atoms with Crippen molar-refractivity contribution in [2.45, 2.75) is 96.8 Å². The first-order chi connectivity index (χ1) is 15.6. The lowest BCUT2D eigenvalue weighted by molar-refractivity contribution is -0.140. The number of amides is 3. The summed E-state index contributed by atoms with van der Waals surface area (Å²) in [7, 11) is 0. The van der Waals surface area contributed by atoms with Gasteiger partial charge in [-0.05, 0) is 81.4 Å². The maximum absolute atomic E-state index is 13.8. The van der Waals surface area contributed by atoms with Crippen molar-refractivity contribution in [1.82, 2.24) is 10.2 Å². The number of urea groups is 1. The standard InChI is InChI=1S/C26H36F2N2O3/c1-16(2)5-6-18-7-8-19-14-25(11-9-20(10-12-25)33-17(3)4)26(21(19)13-18)23(31)30(15-22(27)28)24(32)29-26/h7-8,13,16-17,20,22H,5-6,9-12,14-15H2,1-4H3,(H,29,32)/t20-,25-,26?. The van der Waals surface area contributed by atoms with Gasteiger partial charge in [-0.15, -0.1) is 0 Å². The molecular weight excluding hydrogens is 426 g/mol. The number of ether oxygens (including phenoxy) is 1. The molecule has 1 saturated heterocycles. The Kier molecular flexibility index (Phi) is 6.56. The number of carbonyl (C=O) groups is 2. The van der Waals surface area contributed by atoms with Gasteiger partial charge in [0.05, 0.1) is 18.8 Å². The third kappa shape index (κ3) is 4.17. The van der Waals surface area contributed by atoms with E-state index in [0.29, 0.717) is 25.2 Å². The highest BCUT2D eigenvalue weighted by Crippen LogP contribution is 2.60. The smallest absolute Gasteiger partial charge is 0.325 e. The molecule has 2 fully saturated rings. The van der Waals surface area contributed by atoms with E-state index in [9.17, 15) is 18.4 Å². The van der Waals surface area contributed by atoms with Crippen LogP contribution in [0.2, 0.25) is 0 Å². The maximum Gasteiger partial charge on any atom is 0.325 e. The number of hydrogen-bond donors (Lipinski definition) is 1. The first-order valence-corrected chi connectivity index (χ1v) is 12.3. The van der Waals surface area contributed by atoms with Crippen LogP contribution in [0.15, 0.2) is 18.2 Å². The summed E-state index contributed by atoms with van der Waals surface area (Å²) in [6, 6.07) is 5.53. The Morgan fingerprint density at radius 3 is 2.45 bits per heavy atom. The van der Waals surface area contributed by atoms with E-state index in [1.165, 1.54) is 0 Å². The molecule has 1 N–H and O–H groups in total. The van der Waals surface area contributed by atoms with Gasteiger partial charge in [-0.25, -0.2) is 13.6 Å². The number of nitrogens with one attached hydrogen (secondary N) is 1. The number of rotatable bonds is 7. The van der Waals surface area contributed by atoms with Crippen LogP contribution in [0.1, 0.15) is 76.5 Å². The van der Waals surface area contributed by atoms with Gasteiger partial charge < -0.3 is 10.1 Å². The number of halogens is 2. The summed E-state index contributed by atoms with van der Waals surface area (Å²) in [5.41, 5.74) is 1.17. The van der Waals surface area contributed by atoms with Crippen molar-refractivity contribution in [2.75, 3.05) is 6.54 Å². The summed E-state index contributed by atoms with van der Waals surface area (Å²) in [5, 5.41) is 2.96. The van der Waals surface area contributed by atoms with E-state index in [0.717, 1.165) is 47.3 Å². The van der Waals surface area contributed by atoms with Gasteiger partial charge in [0.25, 0.3) is 12.3 Å². The highest BCUT2D eigenvalue weighted by atomic mass is 19.3. The number of fused-ring (bicyclic) bond motifs is 3. The molecule has 1 unspecified atom stereocenters. The quantitative estimate of drug-likeness (QED) is 0.567. The van der Waals surface area contributed by atoms with E-state index >= 15 is 0 Å². The average molecular weight is 463 g/mol. The molecule has 3 amide bonds. The molecule has 3 aliphatic rings. The monoisotopic (exact) mass is 462 g/mol. The predicted octanol–water partition coefficient (Wildman–Crippen LogP) is 5.20. The lowest BCUT2D eigenvalue weighted by Crippen LogP contribution is -2.57. The summed E-state index contributed by atoms with van der Waals surface area (Å²) in [6.45, 7) is 7.50. The number of aryl methyl sites for hydroxylation is 1. The van der Waals surface area contributed by atoms with Gasteiger partial charge in [0, 0.05) is 5.41 Å². The van der Waals surface area contributed by atoms with Crippen LogP contribution < -0.4 is 5.32 Å². The molecular formula is C26H36F2N2O3. The maximum atomic E-state index is 13.8. The fourth-order valence-corrected chi connectivity index (χ4v) is 6.16. The Hall–Kier alpha value is -2.02. The van der Waals surface area contributed by atoms with Crippen molar-refractivity contribution in [1.29, 1.82) is 0 Å². The number of hydrogen-bond acceptors (Lipinski definition) is 3. The normalized spacial score (nSPS) is 29.2. The van der Waals surface area contributed by atoms with Gasteiger partial charge in [-0.1, -0.05) is 32.0 Å². The van der Waals surface area contributed by atoms with Gasteiger partial charge in [0.15, 0.2) is 5.54 Å². The number of carbonyl (C=O) groups excluding carboxylic acids is 2. The van der Waals surface area contributed by atoms with E-state index in [4.69, 9.17) is 4.74 Å². The molecule has 4 rings (SSSR count). The molecule has 2 aliphatic carbocycles. The summed E-state index contributed by atoms with van der Waals surface area (Å²) in [6.07, 6.45) is 3.00. The minimum Gasteiger partial charge on any atom is -0.376 e. The van der Waals surface area contributed by atoms with Gasteiger partial charge in [0.2, 0.25) is 0 Å². The Labute approximate surface area is 195 Å². The lowest BCUT2D eigenvalue weighted by Gasteiger charge is -2.46. The van der Waals surface area contributed by atoms with Crippen LogP contribution in [0.25, 0.3) is 0 Å². The van der Waals surface area contributed by atoms with E-state index in [1.807, 2.05) is 19.9 Å². The summed E-state index contributed by atoms with van der Waals surface area (Å²) in [4.78, 5) is 27.4. The van der Waals surface area contributed by atoms with Gasteiger partial charge >= 0.3 is 6.03 Å². The predicted molar refractivity (Wildman–Crippen MR) is 122 cm³/mol. The SMILES string of the molecule is CC(C)CCc1ccc2c(c1)C1(NC(=O)N(CC(F)F)C1=O)[C@]1(CC[C@H](OC(C)C)CC1)C2. The fraction of sp³-hybridized carbons (Fsp3) is 0.692. The van der Waals surface area contributed by atoms with Crippen LogP contribution in [0.3, 0.4) is 0 Å². The number of benzene rings is 1. The first-order valence-electron chi connectivity index (χ1n) is 12.3. The van der Waals surface area contributed by atoms with Crippen LogP contribution in [0.4, 0.5) is 13.6 Å². The summed E-state index contributed by atoms with van der Waals surface area (Å²) >= 11 is 0. The Morgan fingerprint density at radius 1 is 1.15 bits per heavy atom. The molecule has 2 spiro atoms. The molecule has 1 aromatic carbocycles. The molecule has 33 heavy (non-hydrogen) atoms. The number of imide groups is 1. The number of nitrogens with zero attached hydrogens (tertiary/aromatic N) is 1. The van der Waals surface area contributed by atoms with Gasteiger partial charge in [-0.2, -0.15) is 0 Å². The Bertz CT molecular complexity index is 909. The zero-order valence-electron chi connectivity index (χ0n) is 20.1. The molecule has 0 bridgehead atoms. The van der Waals surface area contributed by atoms with Gasteiger partial charge in [-0.3, -0.25) is 9.69 Å². The van der Waals surface area contributed by atoms with E-state index in [2.05, 4.69) is 31.3 Å². The first kappa shape index (κ1) is 24.1. The van der Waals surface area contributed by atoms with Crippen LogP contribution >= 0.6 is 0 Å². The zero-order chi connectivity index (χ0) is 24.0. The van der Waals surface area contributed by atoms with E-state index in [1.54, 1.807) is 0 Å². The van der Waals surface area contributed by atoms with Crippen molar-refractivity contribution in [3.05, 3.63) is 34.9 Å². The zero-order valence-corrected chi connectivity index (χ0v) is 20.1. The van der Waals surface area contributed by atoms with Crippen LogP contribution in [0.5, 0.6) is 0 Å². The van der Waals surface area contributed by atoms with E-state index < -0.39 is 35.9 Å². The largest absolute Gasteiger partial charge is 0.376 e. The van der Waals surface area contributed by atoms with Crippen molar-refractivity contribution >= 4 is 11.9 Å². The Morgan fingerprint density at radius 2 is 1.85 bits per heavy atom. The second-order valence-corrected chi connectivity index (χ2v) is 10.8. The molecule has 0 aromatic heterocycles. The average Bonchev–Trinajstić information content (AvgIpc) is 3.14. The summed E-state index contributed by atoms with van der Waals surface area (Å²) in [5.74, 6) is 0.0277. The molecule has 1 atom stereocenters. The van der Waals surface area contributed by atoms with Crippen LogP contribution in [-0.2, 0) is 27.9 Å². The highest BCUT2D eigenvalue weighted by Gasteiger charge is 2.68. The van der Waals surface area contributed by atoms with Crippen molar-refractivity contribution in [2.24, 2.45) is 11.3 Å². The second kappa shape index (κ2) is 8.97. The highest BCUT2D eigenvalue weighted by molar-refractivity contribution is 6.09.